The van der Waals surface area contributed by atoms with Crippen LogP contribution < -0.4 is 4.72 Å². The minimum Gasteiger partial charge on any atom is -0.481 e. The van der Waals surface area contributed by atoms with Crippen LogP contribution in [0.15, 0.2) is 52.2 Å². The van der Waals surface area contributed by atoms with Crippen molar-refractivity contribution in [2.24, 2.45) is 5.10 Å². The summed E-state index contributed by atoms with van der Waals surface area (Å²) in [5, 5.41) is 14.4. The van der Waals surface area contributed by atoms with Crippen molar-refractivity contribution in [2.75, 3.05) is 11.0 Å². The Balaban J connectivity index is 1.95. The summed E-state index contributed by atoms with van der Waals surface area (Å²) < 4.78 is 31.2. The van der Waals surface area contributed by atoms with Crippen LogP contribution in [0.25, 0.3) is 0 Å². The number of carbonyl (C=O) groups is 2. The lowest BCUT2D eigenvalue weighted by molar-refractivity contribution is -0.141. The highest BCUT2D eigenvalue weighted by molar-refractivity contribution is 7.92. The third kappa shape index (κ3) is 4.58. The smallest absolute Gasteiger partial charge is 0.303 e. The van der Waals surface area contributed by atoms with E-state index in [0.717, 1.165) is 6.26 Å². The van der Waals surface area contributed by atoms with Crippen molar-refractivity contribution in [3.63, 3.8) is 0 Å². The normalized spacial score (nSPS) is 16.7. The molecular formula is C18H19N3O6S. The van der Waals surface area contributed by atoms with Crippen LogP contribution in [0, 0.1) is 0 Å². The lowest BCUT2D eigenvalue weighted by atomic mass is 10.0. The number of nitrogens with one attached hydrogen (secondary N) is 1. The second-order valence-electron chi connectivity index (χ2n) is 6.33. The topological polar surface area (TPSA) is 129 Å². The van der Waals surface area contributed by atoms with Gasteiger partial charge in [-0.05, 0) is 18.2 Å². The highest BCUT2D eigenvalue weighted by Crippen LogP contribution is 2.35. The van der Waals surface area contributed by atoms with Crippen molar-refractivity contribution in [3.05, 3.63) is 54.0 Å². The van der Waals surface area contributed by atoms with Gasteiger partial charge >= 0.3 is 5.97 Å². The molecule has 28 heavy (non-hydrogen) atoms. The maximum Gasteiger partial charge on any atom is 0.303 e. The lowest BCUT2D eigenvalue weighted by Crippen LogP contribution is -2.27. The highest BCUT2D eigenvalue weighted by Gasteiger charge is 2.35. The van der Waals surface area contributed by atoms with Crippen LogP contribution in [0.2, 0.25) is 0 Å². The number of anilines is 1. The van der Waals surface area contributed by atoms with Gasteiger partial charge in [0.15, 0.2) is 0 Å². The zero-order valence-electron chi connectivity index (χ0n) is 15.0. The van der Waals surface area contributed by atoms with Gasteiger partial charge in [-0.25, -0.2) is 13.4 Å². The van der Waals surface area contributed by atoms with E-state index in [2.05, 4.69) is 9.82 Å². The Kier molecular flexibility index (Phi) is 5.50. The maximum absolute atomic E-state index is 12.5. The molecule has 0 fully saturated rings. The lowest BCUT2D eigenvalue weighted by Gasteiger charge is -2.19. The number of carboxylic acid groups (broad SMARTS) is 1. The summed E-state index contributed by atoms with van der Waals surface area (Å²) in [6.45, 7) is 0. The number of carboxylic acids is 1. The van der Waals surface area contributed by atoms with Crippen molar-refractivity contribution in [1.82, 2.24) is 5.01 Å². The Morgan fingerprint density at radius 3 is 2.64 bits per heavy atom. The van der Waals surface area contributed by atoms with Gasteiger partial charge in [-0.15, -0.1) is 0 Å². The second-order valence-corrected chi connectivity index (χ2v) is 8.08. The number of benzene rings is 1. The Morgan fingerprint density at radius 2 is 2.00 bits per heavy atom. The minimum atomic E-state index is -3.50. The monoisotopic (exact) mass is 405 g/mol. The first-order chi connectivity index (χ1) is 13.2. The molecule has 2 heterocycles. The zero-order chi connectivity index (χ0) is 20.3. The number of aliphatic carboxylic acids is 1. The van der Waals surface area contributed by atoms with Gasteiger partial charge in [0.1, 0.15) is 11.8 Å². The molecule has 0 saturated carbocycles. The molecule has 1 amide bonds. The first-order valence-electron chi connectivity index (χ1n) is 8.46. The molecule has 0 bridgehead atoms. The number of carbonyl (C=O) groups excluding carboxylic acids is 1. The molecule has 3 rings (SSSR count). The van der Waals surface area contributed by atoms with Crippen molar-refractivity contribution < 1.29 is 27.5 Å². The van der Waals surface area contributed by atoms with E-state index in [0.29, 0.717) is 29.1 Å². The number of furan rings is 1. The Labute approximate surface area is 161 Å². The van der Waals surface area contributed by atoms with Gasteiger partial charge in [0, 0.05) is 18.4 Å². The van der Waals surface area contributed by atoms with Gasteiger partial charge in [-0.3, -0.25) is 14.3 Å². The summed E-state index contributed by atoms with van der Waals surface area (Å²) in [5.41, 5.74) is 1.39. The number of hydrogen-bond acceptors (Lipinski definition) is 6. The average molecular weight is 405 g/mol. The van der Waals surface area contributed by atoms with E-state index in [9.17, 15) is 18.0 Å². The van der Waals surface area contributed by atoms with Gasteiger partial charge in [0.25, 0.3) is 0 Å². The molecule has 0 spiro atoms. The number of rotatable bonds is 7. The average Bonchev–Trinajstić information content (AvgIpc) is 3.28. The summed E-state index contributed by atoms with van der Waals surface area (Å²) in [6, 6.07) is 9.60. The molecule has 0 saturated heterocycles. The van der Waals surface area contributed by atoms with E-state index in [1.807, 2.05) is 0 Å². The number of para-hydroxylation sites is 1. The van der Waals surface area contributed by atoms with Crippen molar-refractivity contribution in [1.29, 1.82) is 0 Å². The fourth-order valence-electron chi connectivity index (χ4n) is 2.96. The summed E-state index contributed by atoms with van der Waals surface area (Å²) in [5.74, 6) is -1.02. The Bertz CT molecular complexity index is 1010. The SMILES string of the molecule is CS(=O)(=O)Nc1ccccc1C1=NN(C(=O)CCC(=O)O)[C@@H](c2ccco2)C1. The summed E-state index contributed by atoms with van der Waals surface area (Å²) >= 11 is 0. The molecule has 1 aromatic carbocycles. The van der Waals surface area contributed by atoms with Crippen LogP contribution >= 0.6 is 0 Å². The first kappa shape index (κ1) is 19.6. The van der Waals surface area contributed by atoms with E-state index >= 15 is 0 Å². The minimum absolute atomic E-state index is 0.202. The molecule has 1 aliphatic heterocycles. The second kappa shape index (κ2) is 7.85. The van der Waals surface area contributed by atoms with Gasteiger partial charge in [-0.1, -0.05) is 18.2 Å². The fraction of sp³-hybridized carbons (Fsp3) is 0.278. The van der Waals surface area contributed by atoms with Crippen LogP contribution in [0.4, 0.5) is 5.69 Å². The van der Waals surface area contributed by atoms with E-state index < -0.39 is 27.9 Å². The Morgan fingerprint density at radius 1 is 1.25 bits per heavy atom. The molecule has 148 valence electrons. The van der Waals surface area contributed by atoms with Crippen LogP contribution in [0.3, 0.4) is 0 Å². The van der Waals surface area contributed by atoms with E-state index in [1.165, 1.54) is 11.3 Å². The van der Waals surface area contributed by atoms with Crippen LogP contribution in [-0.4, -0.2) is 42.4 Å². The van der Waals surface area contributed by atoms with Crippen molar-refractivity contribution >= 4 is 33.3 Å². The van der Waals surface area contributed by atoms with E-state index in [1.54, 1.807) is 36.4 Å². The molecule has 0 radical (unpaired) electrons. The van der Waals surface area contributed by atoms with Gasteiger partial charge in [-0.2, -0.15) is 5.10 Å². The molecule has 1 aromatic heterocycles. The summed E-state index contributed by atoms with van der Waals surface area (Å²) in [4.78, 5) is 23.4. The molecule has 1 atom stereocenters. The molecule has 0 unspecified atom stereocenters. The van der Waals surface area contributed by atoms with E-state index in [4.69, 9.17) is 9.52 Å². The first-order valence-corrected chi connectivity index (χ1v) is 10.4. The molecular weight excluding hydrogens is 386 g/mol. The molecule has 9 nitrogen and oxygen atoms in total. The number of hydrazone groups is 1. The molecule has 2 N–H and O–H groups in total. The van der Waals surface area contributed by atoms with Gasteiger partial charge in [0.05, 0.1) is 30.3 Å². The number of sulfonamides is 1. The van der Waals surface area contributed by atoms with Gasteiger partial charge < -0.3 is 9.52 Å². The zero-order valence-corrected chi connectivity index (χ0v) is 15.8. The van der Waals surface area contributed by atoms with Crippen LogP contribution in [-0.2, 0) is 19.6 Å². The molecule has 0 aliphatic carbocycles. The highest BCUT2D eigenvalue weighted by atomic mass is 32.2. The Hall–Kier alpha value is -3.14. The predicted octanol–water partition coefficient (Wildman–Crippen LogP) is 2.19. The van der Waals surface area contributed by atoms with Crippen LogP contribution in [0.5, 0.6) is 0 Å². The predicted molar refractivity (Wildman–Crippen MR) is 101 cm³/mol. The summed E-state index contributed by atoms with van der Waals surface area (Å²) in [6.07, 6.45) is 2.32. The van der Waals surface area contributed by atoms with Gasteiger partial charge in [0.2, 0.25) is 15.9 Å². The molecule has 2 aromatic rings. The number of hydrogen-bond donors (Lipinski definition) is 2. The maximum atomic E-state index is 12.5. The van der Waals surface area contributed by atoms with E-state index in [-0.39, 0.29) is 12.8 Å². The van der Waals surface area contributed by atoms with Crippen molar-refractivity contribution in [3.8, 4) is 0 Å². The number of amides is 1. The van der Waals surface area contributed by atoms with Crippen molar-refractivity contribution in [2.45, 2.75) is 25.3 Å². The number of nitrogens with zero attached hydrogens (tertiary/aromatic N) is 2. The third-order valence-electron chi connectivity index (χ3n) is 4.12. The largest absolute Gasteiger partial charge is 0.481 e. The van der Waals surface area contributed by atoms with Crippen LogP contribution in [0.1, 0.15) is 36.6 Å². The molecule has 1 aliphatic rings. The standard InChI is InChI=1S/C18H19N3O6S/c1-28(25,26)20-13-6-3-2-5-12(13)14-11-15(16-7-4-10-27-16)21(19-14)17(22)8-9-18(23)24/h2-7,10,15,20H,8-9,11H2,1H3,(H,23,24)/t15-/m1/s1. The fourth-order valence-corrected chi connectivity index (χ4v) is 3.53. The molecule has 10 heteroatoms. The quantitative estimate of drug-likeness (QED) is 0.726. The third-order valence-corrected chi connectivity index (χ3v) is 4.71. The summed E-state index contributed by atoms with van der Waals surface area (Å²) in [7, 11) is -3.50.